The van der Waals surface area contributed by atoms with Crippen LogP contribution in [0.1, 0.15) is 36.9 Å². The van der Waals surface area contributed by atoms with Gasteiger partial charge >= 0.3 is 12.0 Å². The van der Waals surface area contributed by atoms with Gasteiger partial charge in [0.25, 0.3) is 0 Å². The zero-order valence-corrected chi connectivity index (χ0v) is 19.0. The molecule has 2 aliphatic heterocycles. The largest absolute Gasteiger partial charge is 0.456 e. The van der Waals surface area contributed by atoms with Crippen LogP contribution in [0.4, 0.5) is 10.5 Å². The molecule has 2 N–H and O–H groups in total. The first-order valence-corrected chi connectivity index (χ1v) is 11.6. The molecular weight excluding hydrogens is 426 g/mol. The van der Waals surface area contributed by atoms with Crippen LogP contribution in [0.15, 0.2) is 64.7 Å². The Bertz CT molecular complexity index is 1090. The molecular formula is C24H25N3O4S. The van der Waals surface area contributed by atoms with Crippen LogP contribution >= 0.6 is 11.8 Å². The molecule has 7 nitrogen and oxygen atoms in total. The van der Waals surface area contributed by atoms with Crippen LogP contribution in [0.2, 0.25) is 0 Å². The first-order valence-electron chi connectivity index (χ1n) is 10.4. The molecule has 8 heteroatoms. The Kier molecular flexibility index (Phi) is 6.23. The van der Waals surface area contributed by atoms with Crippen molar-refractivity contribution in [3.8, 4) is 0 Å². The van der Waals surface area contributed by atoms with Gasteiger partial charge in [-0.15, -0.1) is 11.8 Å². The highest BCUT2D eigenvalue weighted by Gasteiger charge is 2.42. The topological polar surface area (TPSA) is 87.7 Å². The lowest BCUT2D eigenvalue weighted by atomic mass is 9.96. The number of nitrogens with zero attached hydrogens (tertiary/aromatic N) is 1. The summed E-state index contributed by atoms with van der Waals surface area (Å²) < 4.78 is 5.24. The number of para-hydroxylation sites is 1. The molecule has 0 saturated carbocycles. The maximum atomic E-state index is 12.9. The Morgan fingerprint density at radius 1 is 1.19 bits per heavy atom. The van der Waals surface area contributed by atoms with Crippen molar-refractivity contribution >= 4 is 35.4 Å². The molecule has 0 unspecified atom stereocenters. The second-order valence-electron chi connectivity index (χ2n) is 7.97. The third-order valence-electron chi connectivity index (χ3n) is 5.61. The number of carbonyl (C=O) groups is 3. The summed E-state index contributed by atoms with van der Waals surface area (Å²) >= 11 is 1.61. The summed E-state index contributed by atoms with van der Waals surface area (Å²) in [6.07, 6.45) is 1.98. The minimum atomic E-state index is -0.607. The van der Waals surface area contributed by atoms with Gasteiger partial charge in [-0.05, 0) is 41.5 Å². The molecule has 2 heterocycles. The third kappa shape index (κ3) is 4.23. The van der Waals surface area contributed by atoms with E-state index in [1.165, 1.54) is 4.90 Å². The smallest absolute Gasteiger partial charge is 0.338 e. The molecule has 2 aromatic carbocycles. The second kappa shape index (κ2) is 9.08. The van der Waals surface area contributed by atoms with Crippen LogP contribution in [0.3, 0.4) is 0 Å². The Labute approximate surface area is 191 Å². The zero-order chi connectivity index (χ0) is 22.8. The Morgan fingerprint density at radius 2 is 1.91 bits per heavy atom. The van der Waals surface area contributed by atoms with Crippen LogP contribution in [-0.2, 0) is 14.3 Å². The number of urea groups is 1. The molecule has 0 fully saturated rings. The van der Waals surface area contributed by atoms with E-state index in [0.29, 0.717) is 17.0 Å². The number of benzene rings is 2. The van der Waals surface area contributed by atoms with Crippen molar-refractivity contribution in [2.75, 3.05) is 24.7 Å². The summed E-state index contributed by atoms with van der Waals surface area (Å²) in [5.74, 6) is -0.588. The predicted molar refractivity (Wildman–Crippen MR) is 123 cm³/mol. The van der Waals surface area contributed by atoms with Crippen molar-refractivity contribution in [3.05, 3.63) is 70.9 Å². The number of rotatable bonds is 6. The predicted octanol–water partition coefficient (Wildman–Crippen LogP) is 4.05. The van der Waals surface area contributed by atoms with E-state index >= 15 is 0 Å². The van der Waals surface area contributed by atoms with E-state index in [1.54, 1.807) is 11.8 Å². The summed E-state index contributed by atoms with van der Waals surface area (Å²) in [6, 6.07) is 14.2. The summed E-state index contributed by atoms with van der Waals surface area (Å²) in [4.78, 5) is 40.6. The van der Waals surface area contributed by atoms with Gasteiger partial charge < -0.3 is 15.4 Å². The first-order chi connectivity index (χ1) is 15.4. The van der Waals surface area contributed by atoms with E-state index < -0.39 is 18.0 Å². The molecule has 0 aromatic heterocycles. The van der Waals surface area contributed by atoms with E-state index in [9.17, 15) is 14.4 Å². The van der Waals surface area contributed by atoms with E-state index in [0.717, 1.165) is 16.0 Å². The van der Waals surface area contributed by atoms with Crippen LogP contribution in [-0.4, -0.2) is 42.2 Å². The van der Waals surface area contributed by atoms with Crippen molar-refractivity contribution in [2.45, 2.75) is 30.7 Å². The highest BCUT2D eigenvalue weighted by atomic mass is 32.2. The van der Waals surface area contributed by atoms with Gasteiger partial charge in [-0.2, -0.15) is 0 Å². The molecule has 0 saturated heterocycles. The fourth-order valence-electron chi connectivity index (χ4n) is 3.97. The van der Waals surface area contributed by atoms with E-state index in [1.807, 2.05) is 68.6 Å². The molecule has 0 bridgehead atoms. The number of esters is 1. The van der Waals surface area contributed by atoms with Gasteiger partial charge in [0, 0.05) is 10.6 Å². The number of thioether (sulfide) groups is 1. The van der Waals surface area contributed by atoms with Gasteiger partial charge in [0.15, 0.2) is 0 Å². The van der Waals surface area contributed by atoms with Gasteiger partial charge in [0.2, 0.25) is 5.91 Å². The van der Waals surface area contributed by atoms with Gasteiger partial charge in [-0.3, -0.25) is 9.69 Å². The van der Waals surface area contributed by atoms with Crippen molar-refractivity contribution in [3.63, 3.8) is 0 Å². The molecule has 4 rings (SSSR count). The van der Waals surface area contributed by atoms with Crippen molar-refractivity contribution in [1.29, 1.82) is 0 Å². The number of hydrogen-bond acceptors (Lipinski definition) is 5. The van der Waals surface area contributed by atoms with Gasteiger partial charge in [-0.25, -0.2) is 9.59 Å². The van der Waals surface area contributed by atoms with Crippen LogP contribution in [0.5, 0.6) is 0 Å². The number of anilines is 1. The Hall–Kier alpha value is -3.26. The quantitative estimate of drug-likeness (QED) is 0.511. The molecule has 0 aliphatic carbocycles. The molecule has 3 amide bonds. The van der Waals surface area contributed by atoms with Crippen molar-refractivity contribution in [2.24, 2.45) is 0 Å². The van der Waals surface area contributed by atoms with Crippen molar-refractivity contribution < 1.29 is 19.1 Å². The molecule has 1 atom stereocenters. The standard InChI is InChI=1S/C24H25N3O4S/c1-14(2)17-6-4-5-7-18(17)25-20(28)12-27-19-13-31-23(29)21(19)22(26-24(27)30)15-8-10-16(32-3)11-9-15/h4-11,14,22H,12-13H2,1-3H3,(H,25,28)(H,26,30)/t22-/m1/s1. The Morgan fingerprint density at radius 3 is 2.59 bits per heavy atom. The normalized spacial score (nSPS) is 17.9. The molecule has 166 valence electrons. The minimum Gasteiger partial charge on any atom is -0.456 e. The average Bonchev–Trinajstić information content (AvgIpc) is 3.17. The van der Waals surface area contributed by atoms with Crippen LogP contribution < -0.4 is 10.6 Å². The Balaban J connectivity index is 1.58. The maximum Gasteiger partial charge on any atom is 0.338 e. The highest BCUT2D eigenvalue weighted by Crippen LogP contribution is 2.35. The lowest BCUT2D eigenvalue weighted by Gasteiger charge is -2.32. The van der Waals surface area contributed by atoms with Crippen molar-refractivity contribution in [1.82, 2.24) is 10.2 Å². The van der Waals surface area contributed by atoms with E-state index in [4.69, 9.17) is 4.74 Å². The summed E-state index contributed by atoms with van der Waals surface area (Å²) in [7, 11) is 0. The number of ether oxygens (including phenoxy) is 1. The molecule has 2 aromatic rings. The second-order valence-corrected chi connectivity index (χ2v) is 8.85. The fourth-order valence-corrected chi connectivity index (χ4v) is 4.38. The lowest BCUT2D eigenvalue weighted by molar-refractivity contribution is -0.136. The molecule has 0 spiro atoms. The highest BCUT2D eigenvalue weighted by molar-refractivity contribution is 7.98. The van der Waals surface area contributed by atoms with E-state index in [2.05, 4.69) is 10.6 Å². The molecule has 2 aliphatic rings. The zero-order valence-electron chi connectivity index (χ0n) is 18.2. The van der Waals surface area contributed by atoms with Gasteiger partial charge in [0.05, 0.1) is 17.3 Å². The summed E-state index contributed by atoms with van der Waals surface area (Å²) in [5, 5.41) is 5.76. The third-order valence-corrected chi connectivity index (χ3v) is 6.35. The van der Waals surface area contributed by atoms with Crippen LogP contribution in [0.25, 0.3) is 0 Å². The summed E-state index contributed by atoms with van der Waals surface area (Å²) in [5.41, 5.74) is 3.32. The lowest BCUT2D eigenvalue weighted by Crippen LogP contribution is -2.49. The molecule has 32 heavy (non-hydrogen) atoms. The summed E-state index contributed by atoms with van der Waals surface area (Å²) in [6.45, 7) is 3.85. The average molecular weight is 452 g/mol. The van der Waals surface area contributed by atoms with E-state index in [-0.39, 0.29) is 25.0 Å². The number of nitrogens with one attached hydrogen (secondary N) is 2. The van der Waals surface area contributed by atoms with Gasteiger partial charge in [0.1, 0.15) is 13.2 Å². The SMILES string of the molecule is CSc1ccc([C@H]2NC(=O)N(CC(=O)Nc3ccccc3C(C)C)C3=C2C(=O)OC3)cc1. The fraction of sp³-hybridized carbons (Fsp3) is 0.292. The number of amides is 3. The minimum absolute atomic E-state index is 0.0309. The van der Waals surface area contributed by atoms with Gasteiger partial charge in [-0.1, -0.05) is 44.2 Å². The number of cyclic esters (lactones) is 1. The van der Waals surface area contributed by atoms with Crippen LogP contribution in [0, 0.1) is 0 Å². The first kappa shape index (κ1) is 22.0. The molecule has 0 radical (unpaired) electrons. The maximum absolute atomic E-state index is 12.9. The number of carbonyl (C=O) groups excluding carboxylic acids is 3. The number of hydrogen-bond donors (Lipinski definition) is 2. The monoisotopic (exact) mass is 451 g/mol.